The van der Waals surface area contributed by atoms with Crippen molar-refractivity contribution in [1.82, 2.24) is 9.97 Å². The largest absolute Gasteiger partial charge is 0.370 e. The molecule has 2 rings (SSSR count). The van der Waals surface area contributed by atoms with Crippen LogP contribution in [0.5, 0.6) is 0 Å². The first-order chi connectivity index (χ1) is 10.1. The van der Waals surface area contributed by atoms with Crippen molar-refractivity contribution in [3.05, 3.63) is 39.6 Å². The van der Waals surface area contributed by atoms with Crippen LogP contribution in [0.1, 0.15) is 25.2 Å². The average Bonchev–Trinajstić information content (AvgIpc) is 2.46. The lowest BCUT2D eigenvalue weighted by molar-refractivity contribution is 0.930. The van der Waals surface area contributed by atoms with E-state index in [9.17, 15) is 0 Å². The minimum absolute atomic E-state index is 0.559. The maximum atomic E-state index is 6.20. The number of para-hydroxylation sites is 1. The molecule has 0 spiro atoms. The van der Waals surface area contributed by atoms with Gasteiger partial charge in [0.2, 0.25) is 0 Å². The van der Waals surface area contributed by atoms with E-state index >= 15 is 0 Å². The van der Waals surface area contributed by atoms with Gasteiger partial charge in [-0.25, -0.2) is 9.97 Å². The van der Waals surface area contributed by atoms with Crippen LogP contribution >= 0.6 is 23.2 Å². The van der Waals surface area contributed by atoms with E-state index < -0.39 is 0 Å². The molecule has 0 aliphatic carbocycles. The summed E-state index contributed by atoms with van der Waals surface area (Å²) in [6, 6.07) is 5.39. The minimum Gasteiger partial charge on any atom is -0.370 e. The highest BCUT2D eigenvalue weighted by Crippen LogP contribution is 2.33. The Labute approximate surface area is 134 Å². The van der Waals surface area contributed by atoms with Crippen molar-refractivity contribution < 1.29 is 0 Å². The molecule has 4 nitrogen and oxygen atoms in total. The predicted molar refractivity (Wildman–Crippen MR) is 90.1 cm³/mol. The second-order valence-electron chi connectivity index (χ2n) is 4.57. The van der Waals surface area contributed by atoms with Gasteiger partial charge < -0.3 is 10.6 Å². The van der Waals surface area contributed by atoms with Crippen molar-refractivity contribution in [2.24, 2.45) is 0 Å². The van der Waals surface area contributed by atoms with E-state index in [1.165, 1.54) is 0 Å². The third-order valence-electron chi connectivity index (χ3n) is 3.06. The molecule has 2 N–H and O–H groups in total. The Bertz CT molecular complexity index is 624. The summed E-state index contributed by atoms with van der Waals surface area (Å²) in [4.78, 5) is 9.03. The molecule has 0 unspecified atom stereocenters. The molecule has 0 saturated carbocycles. The smallest absolute Gasteiger partial charge is 0.139 e. The molecule has 1 aromatic carbocycles. The summed E-state index contributed by atoms with van der Waals surface area (Å²) < 4.78 is 0. The molecule has 0 saturated heterocycles. The molecule has 21 heavy (non-hydrogen) atoms. The van der Waals surface area contributed by atoms with E-state index in [-0.39, 0.29) is 0 Å². The highest BCUT2D eigenvalue weighted by molar-refractivity contribution is 6.39. The molecular weight excluding hydrogens is 307 g/mol. The van der Waals surface area contributed by atoms with E-state index in [1.54, 1.807) is 12.1 Å². The van der Waals surface area contributed by atoms with Crippen molar-refractivity contribution in [2.75, 3.05) is 17.2 Å². The number of benzene rings is 1. The lowest BCUT2D eigenvalue weighted by Gasteiger charge is -2.15. The summed E-state index contributed by atoms with van der Waals surface area (Å²) in [5, 5.41) is 7.59. The Morgan fingerprint density at radius 3 is 2.24 bits per heavy atom. The van der Waals surface area contributed by atoms with Crippen LogP contribution in [-0.4, -0.2) is 16.5 Å². The number of aryl methyl sites for hydroxylation is 1. The first-order valence-electron chi connectivity index (χ1n) is 6.89. The molecule has 0 atom stereocenters. The van der Waals surface area contributed by atoms with Crippen LogP contribution in [-0.2, 0) is 6.42 Å². The maximum absolute atomic E-state index is 6.20. The lowest BCUT2D eigenvalue weighted by atomic mass is 10.2. The highest BCUT2D eigenvalue weighted by atomic mass is 35.5. The molecule has 0 fully saturated rings. The third-order valence-corrected chi connectivity index (χ3v) is 3.69. The second-order valence-corrected chi connectivity index (χ2v) is 5.38. The molecular formula is C15H18Cl2N4. The third kappa shape index (κ3) is 3.57. The number of anilines is 3. The molecule has 6 heteroatoms. The fourth-order valence-corrected chi connectivity index (χ4v) is 2.41. The van der Waals surface area contributed by atoms with Crippen LogP contribution in [0.25, 0.3) is 0 Å². The van der Waals surface area contributed by atoms with Gasteiger partial charge in [0.05, 0.1) is 15.7 Å². The molecule has 112 valence electrons. The number of halogens is 2. The quantitative estimate of drug-likeness (QED) is 0.827. The van der Waals surface area contributed by atoms with E-state index in [4.69, 9.17) is 23.2 Å². The number of nitrogens with one attached hydrogen (secondary N) is 2. The molecule has 0 amide bonds. The molecule has 0 aliphatic rings. The van der Waals surface area contributed by atoms with Gasteiger partial charge in [0, 0.05) is 18.5 Å². The van der Waals surface area contributed by atoms with Crippen LogP contribution in [0.3, 0.4) is 0 Å². The summed E-state index contributed by atoms with van der Waals surface area (Å²) in [5.74, 6) is 2.31. The summed E-state index contributed by atoms with van der Waals surface area (Å²) in [6.45, 7) is 6.82. The number of nitrogens with zero attached hydrogens (tertiary/aromatic N) is 2. The van der Waals surface area contributed by atoms with E-state index in [0.29, 0.717) is 21.6 Å². The molecule has 2 aromatic rings. The molecule has 1 aromatic heterocycles. The summed E-state index contributed by atoms with van der Waals surface area (Å²) in [5.41, 5.74) is 1.59. The van der Waals surface area contributed by atoms with Gasteiger partial charge in [0.15, 0.2) is 0 Å². The van der Waals surface area contributed by atoms with E-state index in [1.807, 2.05) is 26.8 Å². The Morgan fingerprint density at radius 1 is 1.05 bits per heavy atom. The lowest BCUT2D eigenvalue weighted by Crippen LogP contribution is -2.09. The normalized spacial score (nSPS) is 10.5. The Morgan fingerprint density at radius 2 is 1.67 bits per heavy atom. The zero-order valence-corrected chi connectivity index (χ0v) is 13.8. The second kappa shape index (κ2) is 6.96. The zero-order valence-electron chi connectivity index (χ0n) is 12.3. The molecule has 0 aliphatic heterocycles. The van der Waals surface area contributed by atoms with Gasteiger partial charge >= 0.3 is 0 Å². The molecule has 0 bridgehead atoms. The number of aromatic nitrogens is 2. The van der Waals surface area contributed by atoms with Gasteiger partial charge in [-0.05, 0) is 26.0 Å². The summed E-state index contributed by atoms with van der Waals surface area (Å²) >= 11 is 12.4. The zero-order chi connectivity index (χ0) is 15.4. The van der Waals surface area contributed by atoms with Crippen molar-refractivity contribution >= 4 is 40.5 Å². The van der Waals surface area contributed by atoms with Gasteiger partial charge in [-0.3, -0.25) is 0 Å². The Kier molecular flexibility index (Phi) is 5.26. The summed E-state index contributed by atoms with van der Waals surface area (Å²) in [6.07, 6.45) is 0.754. The molecule has 1 heterocycles. The van der Waals surface area contributed by atoms with Crippen LogP contribution in [0.2, 0.25) is 10.0 Å². The van der Waals surface area contributed by atoms with Crippen molar-refractivity contribution in [3.8, 4) is 0 Å². The maximum Gasteiger partial charge on any atom is 0.139 e. The van der Waals surface area contributed by atoms with Gasteiger partial charge in [0.25, 0.3) is 0 Å². The van der Waals surface area contributed by atoms with Gasteiger partial charge in [-0.1, -0.05) is 36.2 Å². The van der Waals surface area contributed by atoms with Crippen molar-refractivity contribution in [2.45, 2.75) is 27.2 Å². The van der Waals surface area contributed by atoms with Gasteiger partial charge in [-0.15, -0.1) is 0 Å². The van der Waals surface area contributed by atoms with Crippen LogP contribution in [0.4, 0.5) is 17.3 Å². The molecule has 0 radical (unpaired) electrons. The Balaban J connectivity index is 2.46. The SMILES string of the molecule is CCNc1nc(CC)nc(Nc2c(Cl)cccc2Cl)c1C. The fraction of sp³-hybridized carbons (Fsp3) is 0.333. The highest BCUT2D eigenvalue weighted by Gasteiger charge is 2.13. The minimum atomic E-state index is 0.559. The first-order valence-corrected chi connectivity index (χ1v) is 7.64. The predicted octanol–water partition coefficient (Wildman–Crippen LogP) is 4.83. The van der Waals surface area contributed by atoms with Crippen molar-refractivity contribution in [3.63, 3.8) is 0 Å². The number of hydrogen-bond acceptors (Lipinski definition) is 4. The van der Waals surface area contributed by atoms with Crippen LogP contribution in [0, 0.1) is 6.92 Å². The topological polar surface area (TPSA) is 49.8 Å². The van der Waals surface area contributed by atoms with E-state index in [0.717, 1.165) is 30.2 Å². The number of rotatable bonds is 5. The average molecular weight is 325 g/mol. The van der Waals surface area contributed by atoms with Gasteiger partial charge in [0.1, 0.15) is 17.5 Å². The monoisotopic (exact) mass is 324 g/mol. The van der Waals surface area contributed by atoms with Crippen LogP contribution < -0.4 is 10.6 Å². The summed E-state index contributed by atoms with van der Waals surface area (Å²) in [7, 11) is 0. The fourth-order valence-electron chi connectivity index (χ4n) is 1.92. The van der Waals surface area contributed by atoms with Gasteiger partial charge in [-0.2, -0.15) is 0 Å². The van der Waals surface area contributed by atoms with Crippen molar-refractivity contribution in [1.29, 1.82) is 0 Å². The first kappa shape index (κ1) is 15.9. The Hall–Kier alpha value is -1.52. The number of hydrogen-bond donors (Lipinski definition) is 2. The van der Waals surface area contributed by atoms with E-state index in [2.05, 4.69) is 20.6 Å². The van der Waals surface area contributed by atoms with Crippen LogP contribution in [0.15, 0.2) is 18.2 Å². The standard InChI is InChI=1S/C15H18Cl2N4/c1-4-12-19-14(18-5-2)9(3)15(20-12)21-13-10(16)7-6-8-11(13)17/h6-8H,4-5H2,1-3H3,(H2,18,19,20,21).